The molecule has 40 heavy (non-hydrogen) atoms. The molecule has 0 amide bonds. The van der Waals surface area contributed by atoms with Gasteiger partial charge in [-0.15, -0.1) is 0 Å². The first-order valence-electron chi connectivity index (χ1n) is 13.2. The van der Waals surface area contributed by atoms with Crippen molar-refractivity contribution in [1.82, 2.24) is 14.9 Å². The van der Waals surface area contributed by atoms with Gasteiger partial charge in [0.05, 0.1) is 22.4 Å². The Balaban J connectivity index is 1.22. The highest BCUT2D eigenvalue weighted by Crippen LogP contribution is 2.29. The van der Waals surface area contributed by atoms with Crippen molar-refractivity contribution in [3.63, 3.8) is 0 Å². The summed E-state index contributed by atoms with van der Waals surface area (Å²) in [7, 11) is -2.14. The fourth-order valence-electron chi connectivity index (χ4n) is 4.73. The Morgan fingerprint density at radius 1 is 0.975 bits per heavy atom. The summed E-state index contributed by atoms with van der Waals surface area (Å²) < 4.78 is 45.9. The number of likely N-dealkylation sites (tertiary alicyclic amines) is 1. The van der Waals surface area contributed by atoms with Crippen molar-refractivity contribution in [3.8, 4) is 17.0 Å². The average molecular weight is 562 g/mol. The predicted molar refractivity (Wildman–Crippen MR) is 155 cm³/mol. The summed E-state index contributed by atoms with van der Waals surface area (Å²) in [6.45, 7) is 4.36. The Morgan fingerprint density at radius 3 is 2.33 bits per heavy atom. The molecule has 1 aliphatic rings. The lowest BCUT2D eigenvalue weighted by atomic mass is 9.92. The summed E-state index contributed by atoms with van der Waals surface area (Å²) in [6.07, 6.45) is 3.92. The molecule has 1 saturated heterocycles. The van der Waals surface area contributed by atoms with E-state index >= 15 is 0 Å². The number of hydrogen-bond donors (Lipinski definition) is 1. The molecular formula is C30H32FN5O3S. The van der Waals surface area contributed by atoms with E-state index in [-0.39, 0.29) is 21.2 Å². The second-order valence-electron chi connectivity index (χ2n) is 9.98. The van der Waals surface area contributed by atoms with Crippen molar-refractivity contribution in [1.29, 1.82) is 0 Å². The van der Waals surface area contributed by atoms with Crippen LogP contribution in [0.15, 0.2) is 96.2 Å². The SMILES string of the molecule is CC(Oc1ccc(-c2cc(Nc3ccc(N(F)S(=O)(=O)c4ccccc4)cc3)ncn2)cc1)C1CCN(C)CC1. The largest absolute Gasteiger partial charge is 0.490 e. The molecule has 2 heterocycles. The van der Waals surface area contributed by atoms with Crippen LogP contribution in [0.3, 0.4) is 0 Å². The molecule has 1 aliphatic heterocycles. The molecule has 0 bridgehead atoms. The van der Waals surface area contributed by atoms with E-state index < -0.39 is 10.0 Å². The first-order valence-corrected chi connectivity index (χ1v) is 14.6. The van der Waals surface area contributed by atoms with Crippen LogP contribution in [0.4, 0.5) is 21.7 Å². The van der Waals surface area contributed by atoms with Crippen molar-refractivity contribution in [2.24, 2.45) is 5.92 Å². The first kappa shape index (κ1) is 27.5. The van der Waals surface area contributed by atoms with E-state index in [4.69, 9.17) is 4.74 Å². The molecule has 0 spiro atoms. The highest BCUT2D eigenvalue weighted by molar-refractivity contribution is 7.92. The molecule has 1 N–H and O–H groups in total. The number of rotatable bonds is 9. The lowest BCUT2D eigenvalue weighted by molar-refractivity contribution is 0.0978. The molecule has 8 nitrogen and oxygen atoms in total. The van der Waals surface area contributed by atoms with Gasteiger partial charge in [-0.05, 0) is 106 Å². The van der Waals surface area contributed by atoms with Gasteiger partial charge < -0.3 is 15.0 Å². The highest BCUT2D eigenvalue weighted by atomic mass is 32.2. The highest BCUT2D eigenvalue weighted by Gasteiger charge is 2.25. The fourth-order valence-corrected chi connectivity index (χ4v) is 5.82. The van der Waals surface area contributed by atoms with Gasteiger partial charge in [0.15, 0.2) is 0 Å². The quantitative estimate of drug-likeness (QED) is 0.248. The van der Waals surface area contributed by atoms with Gasteiger partial charge in [-0.3, -0.25) is 0 Å². The zero-order valence-corrected chi connectivity index (χ0v) is 23.3. The number of sulfonamides is 1. The van der Waals surface area contributed by atoms with Crippen molar-refractivity contribution in [3.05, 3.63) is 91.3 Å². The van der Waals surface area contributed by atoms with Crippen molar-refractivity contribution >= 4 is 27.2 Å². The number of aromatic nitrogens is 2. The van der Waals surface area contributed by atoms with Crippen molar-refractivity contribution < 1.29 is 17.6 Å². The van der Waals surface area contributed by atoms with Crippen LogP contribution in [0, 0.1) is 5.92 Å². The Kier molecular flexibility index (Phi) is 8.27. The van der Waals surface area contributed by atoms with E-state index in [0.717, 1.165) is 42.9 Å². The summed E-state index contributed by atoms with van der Waals surface area (Å²) in [5.74, 6) is 1.93. The van der Waals surface area contributed by atoms with Gasteiger partial charge in [-0.25, -0.2) is 9.97 Å². The predicted octanol–water partition coefficient (Wildman–Crippen LogP) is 6.08. The van der Waals surface area contributed by atoms with Crippen LogP contribution in [-0.4, -0.2) is 49.5 Å². The van der Waals surface area contributed by atoms with E-state index in [1.54, 1.807) is 30.3 Å². The minimum absolute atomic E-state index is 0.106. The molecule has 0 saturated carbocycles. The van der Waals surface area contributed by atoms with Crippen LogP contribution in [0.1, 0.15) is 19.8 Å². The third-order valence-corrected chi connectivity index (χ3v) is 8.66. The number of ether oxygens (including phenoxy) is 1. The summed E-state index contributed by atoms with van der Waals surface area (Å²) in [5, 5.41) is 3.16. The maximum absolute atomic E-state index is 14.8. The normalized spacial score (nSPS) is 15.4. The van der Waals surface area contributed by atoms with E-state index in [9.17, 15) is 12.9 Å². The van der Waals surface area contributed by atoms with E-state index in [2.05, 4.69) is 34.2 Å². The minimum atomic E-state index is -4.30. The second-order valence-corrected chi connectivity index (χ2v) is 11.7. The van der Waals surface area contributed by atoms with Crippen LogP contribution < -0.4 is 14.6 Å². The average Bonchev–Trinajstić information content (AvgIpc) is 2.98. The van der Waals surface area contributed by atoms with E-state index in [1.165, 1.54) is 30.6 Å². The van der Waals surface area contributed by atoms with Gasteiger partial charge in [0, 0.05) is 17.3 Å². The lowest BCUT2D eigenvalue weighted by Gasteiger charge is -2.32. The summed E-state index contributed by atoms with van der Waals surface area (Å²) >= 11 is 0. The Morgan fingerprint density at radius 2 is 1.65 bits per heavy atom. The molecule has 1 unspecified atom stereocenters. The van der Waals surface area contributed by atoms with Crippen molar-refractivity contribution in [2.75, 3.05) is 30.0 Å². The summed E-state index contributed by atoms with van der Waals surface area (Å²) in [6, 6.07) is 23.1. The topological polar surface area (TPSA) is 87.7 Å². The molecule has 4 aromatic rings. The summed E-state index contributed by atoms with van der Waals surface area (Å²) in [4.78, 5) is 10.9. The van der Waals surface area contributed by atoms with Crippen LogP contribution in [0.25, 0.3) is 11.3 Å². The van der Waals surface area contributed by atoms with Gasteiger partial charge >= 0.3 is 0 Å². The number of nitrogens with zero attached hydrogens (tertiary/aromatic N) is 4. The first-order chi connectivity index (χ1) is 19.3. The summed E-state index contributed by atoms with van der Waals surface area (Å²) in [5.41, 5.74) is 2.16. The number of halogens is 1. The van der Waals surface area contributed by atoms with E-state index in [1.807, 2.05) is 30.3 Å². The van der Waals surface area contributed by atoms with Crippen LogP contribution >= 0.6 is 0 Å². The molecule has 0 radical (unpaired) electrons. The molecule has 10 heteroatoms. The van der Waals surface area contributed by atoms with Gasteiger partial charge in [-0.2, -0.15) is 8.42 Å². The molecule has 1 atom stereocenters. The Labute approximate surface area is 234 Å². The zero-order valence-electron chi connectivity index (χ0n) is 22.4. The standard InChI is InChI=1S/C30H32FN5O3S/c1-22(23-16-18-35(2)19-17-23)39-27-14-8-24(9-15-27)29-20-30(33-21-32-29)34-25-10-12-26(13-11-25)36(31)40(37,38)28-6-4-3-5-7-28/h3-15,20-23H,16-19H2,1-2H3,(H,32,33,34). The fraction of sp³-hybridized carbons (Fsp3) is 0.267. The second kappa shape index (κ2) is 12.0. The molecule has 5 rings (SSSR count). The third kappa shape index (κ3) is 6.40. The number of benzene rings is 3. The maximum Gasteiger partial charge on any atom is 0.290 e. The third-order valence-electron chi connectivity index (χ3n) is 7.16. The number of hydrogen-bond acceptors (Lipinski definition) is 7. The van der Waals surface area contributed by atoms with Crippen molar-refractivity contribution in [2.45, 2.75) is 30.8 Å². The van der Waals surface area contributed by atoms with Gasteiger partial charge in [0.2, 0.25) is 0 Å². The molecule has 1 fully saturated rings. The molecule has 1 aromatic heterocycles. The maximum atomic E-state index is 14.8. The van der Waals surface area contributed by atoms with Gasteiger partial charge in [0.25, 0.3) is 10.0 Å². The lowest BCUT2D eigenvalue weighted by Crippen LogP contribution is -2.36. The van der Waals surface area contributed by atoms with Gasteiger partial charge in [-0.1, -0.05) is 27.2 Å². The monoisotopic (exact) mass is 561 g/mol. The number of anilines is 3. The zero-order chi connectivity index (χ0) is 28.1. The van der Waals surface area contributed by atoms with Gasteiger partial charge in [0.1, 0.15) is 17.9 Å². The Hall–Kier alpha value is -4.02. The smallest absolute Gasteiger partial charge is 0.290 e. The van der Waals surface area contributed by atoms with E-state index in [0.29, 0.717) is 17.4 Å². The minimum Gasteiger partial charge on any atom is -0.490 e. The van der Waals surface area contributed by atoms with Crippen LogP contribution in [0.2, 0.25) is 0 Å². The molecule has 3 aromatic carbocycles. The van der Waals surface area contributed by atoms with Crippen LogP contribution in [0.5, 0.6) is 5.75 Å². The molecule has 208 valence electrons. The number of nitrogens with one attached hydrogen (secondary N) is 1. The van der Waals surface area contributed by atoms with Crippen LogP contribution in [-0.2, 0) is 10.0 Å². The molecular weight excluding hydrogens is 529 g/mol. The molecule has 0 aliphatic carbocycles. The number of piperidine rings is 1. The Bertz CT molecular complexity index is 1510.